The van der Waals surface area contributed by atoms with E-state index in [2.05, 4.69) is 10.6 Å². The van der Waals surface area contributed by atoms with Crippen molar-refractivity contribution in [1.29, 1.82) is 0 Å². The van der Waals surface area contributed by atoms with Crippen LogP contribution >= 0.6 is 0 Å². The Balaban J connectivity index is 2.08. The number of carbonyl (C=O) groups excluding carboxylic acids is 3. The van der Waals surface area contributed by atoms with Gasteiger partial charge in [-0.25, -0.2) is 4.79 Å². The maximum absolute atomic E-state index is 12.3. The van der Waals surface area contributed by atoms with Crippen molar-refractivity contribution in [3.05, 3.63) is 42.0 Å². The molecular formula is C19H22N2O5. The van der Waals surface area contributed by atoms with Gasteiger partial charge in [0.2, 0.25) is 0 Å². The van der Waals surface area contributed by atoms with Gasteiger partial charge in [-0.15, -0.1) is 0 Å². The molecular weight excluding hydrogens is 336 g/mol. The van der Waals surface area contributed by atoms with Crippen LogP contribution in [-0.2, 0) is 14.3 Å². The Bertz CT molecular complexity index is 834. The first-order valence-electron chi connectivity index (χ1n) is 8.16. The second-order valence-electron chi connectivity index (χ2n) is 5.84. The van der Waals surface area contributed by atoms with E-state index in [1.165, 1.54) is 14.0 Å². The number of methoxy groups -OCH3 is 1. The summed E-state index contributed by atoms with van der Waals surface area (Å²) in [5.74, 6) is -1.03. The Hall–Kier alpha value is -3.09. The second-order valence-corrected chi connectivity index (χ2v) is 5.84. The van der Waals surface area contributed by atoms with Crippen LogP contribution in [0.25, 0.3) is 10.8 Å². The number of urea groups is 1. The van der Waals surface area contributed by atoms with Crippen molar-refractivity contribution < 1.29 is 23.9 Å². The van der Waals surface area contributed by atoms with Crippen LogP contribution in [0.5, 0.6) is 5.75 Å². The molecule has 0 aliphatic heterocycles. The average molecular weight is 358 g/mol. The molecule has 0 saturated heterocycles. The molecule has 2 atom stereocenters. The van der Waals surface area contributed by atoms with Gasteiger partial charge in [0, 0.05) is 7.05 Å². The van der Waals surface area contributed by atoms with Crippen molar-refractivity contribution in [2.75, 3.05) is 14.2 Å². The minimum atomic E-state index is -1.08. The fourth-order valence-electron chi connectivity index (χ4n) is 2.38. The van der Waals surface area contributed by atoms with E-state index in [1.807, 2.05) is 36.4 Å². The quantitative estimate of drug-likeness (QED) is 0.800. The minimum absolute atomic E-state index is 0.544. The molecule has 3 amide bonds. The van der Waals surface area contributed by atoms with E-state index < -0.39 is 29.9 Å². The van der Waals surface area contributed by atoms with Gasteiger partial charge >= 0.3 is 12.0 Å². The monoisotopic (exact) mass is 358 g/mol. The zero-order valence-corrected chi connectivity index (χ0v) is 15.2. The lowest BCUT2D eigenvalue weighted by Crippen LogP contribution is -2.43. The number of imide groups is 1. The highest BCUT2D eigenvalue weighted by Gasteiger charge is 2.24. The lowest BCUT2D eigenvalue weighted by molar-refractivity contribution is -0.155. The number of carbonyl (C=O) groups is 3. The minimum Gasteiger partial charge on any atom is -0.497 e. The number of rotatable bonds is 5. The summed E-state index contributed by atoms with van der Waals surface area (Å²) in [4.78, 5) is 35.3. The van der Waals surface area contributed by atoms with Gasteiger partial charge in [-0.3, -0.25) is 14.9 Å². The van der Waals surface area contributed by atoms with Gasteiger partial charge in [0.1, 0.15) is 5.75 Å². The van der Waals surface area contributed by atoms with Crippen molar-refractivity contribution in [2.45, 2.75) is 25.9 Å². The molecule has 2 rings (SSSR count). The smallest absolute Gasteiger partial charge is 0.321 e. The van der Waals surface area contributed by atoms with Gasteiger partial charge in [-0.2, -0.15) is 0 Å². The molecule has 2 aromatic carbocycles. The van der Waals surface area contributed by atoms with Crippen LogP contribution in [0.15, 0.2) is 36.4 Å². The molecule has 138 valence electrons. The maximum atomic E-state index is 12.3. The largest absolute Gasteiger partial charge is 0.497 e. The van der Waals surface area contributed by atoms with E-state index in [1.54, 1.807) is 14.0 Å². The van der Waals surface area contributed by atoms with Crippen LogP contribution in [0.4, 0.5) is 4.79 Å². The third-order valence-corrected chi connectivity index (χ3v) is 4.05. The number of hydrogen-bond acceptors (Lipinski definition) is 5. The summed E-state index contributed by atoms with van der Waals surface area (Å²) in [6.07, 6.45) is -1.08. The van der Waals surface area contributed by atoms with E-state index in [0.717, 1.165) is 22.1 Å². The fraction of sp³-hybridized carbons (Fsp3) is 0.316. The average Bonchev–Trinajstić information content (AvgIpc) is 2.65. The fourth-order valence-corrected chi connectivity index (χ4v) is 2.38. The van der Waals surface area contributed by atoms with Crippen molar-refractivity contribution in [1.82, 2.24) is 10.6 Å². The second kappa shape index (κ2) is 8.33. The van der Waals surface area contributed by atoms with Crippen LogP contribution in [0.2, 0.25) is 0 Å². The zero-order chi connectivity index (χ0) is 19.3. The molecule has 26 heavy (non-hydrogen) atoms. The highest BCUT2D eigenvalue weighted by atomic mass is 16.5. The Morgan fingerprint density at radius 3 is 2.31 bits per heavy atom. The number of benzene rings is 2. The Morgan fingerprint density at radius 1 is 1.00 bits per heavy atom. The molecule has 0 radical (unpaired) electrons. The first-order valence-corrected chi connectivity index (χ1v) is 8.16. The first kappa shape index (κ1) is 19.2. The van der Waals surface area contributed by atoms with Gasteiger partial charge in [-0.1, -0.05) is 24.3 Å². The highest BCUT2D eigenvalue weighted by Crippen LogP contribution is 2.26. The predicted molar refractivity (Wildman–Crippen MR) is 97.1 cm³/mol. The van der Waals surface area contributed by atoms with E-state index >= 15 is 0 Å². The molecule has 0 aliphatic rings. The van der Waals surface area contributed by atoms with Gasteiger partial charge in [0.05, 0.1) is 13.0 Å². The summed E-state index contributed by atoms with van der Waals surface area (Å²) >= 11 is 0. The maximum Gasteiger partial charge on any atom is 0.321 e. The third-order valence-electron chi connectivity index (χ3n) is 4.05. The van der Waals surface area contributed by atoms with Gasteiger partial charge < -0.3 is 14.8 Å². The van der Waals surface area contributed by atoms with E-state index in [0.29, 0.717) is 0 Å². The van der Waals surface area contributed by atoms with Gasteiger partial charge in [0.25, 0.3) is 5.91 Å². The lowest BCUT2D eigenvalue weighted by atomic mass is 9.98. The molecule has 0 aliphatic carbocycles. The molecule has 0 spiro atoms. The summed E-state index contributed by atoms with van der Waals surface area (Å²) in [7, 11) is 2.99. The Labute approximate surface area is 151 Å². The summed E-state index contributed by atoms with van der Waals surface area (Å²) in [5, 5.41) is 6.29. The Morgan fingerprint density at radius 2 is 1.65 bits per heavy atom. The normalized spacial score (nSPS) is 12.8. The number of fused-ring (bicyclic) bond motifs is 1. The third kappa shape index (κ3) is 4.50. The van der Waals surface area contributed by atoms with Crippen molar-refractivity contribution >= 4 is 28.7 Å². The molecule has 7 heteroatoms. The molecule has 0 heterocycles. The number of ether oxygens (including phenoxy) is 2. The number of hydrogen-bond donors (Lipinski definition) is 2. The van der Waals surface area contributed by atoms with Crippen molar-refractivity contribution in [2.24, 2.45) is 0 Å². The number of esters is 1. The van der Waals surface area contributed by atoms with Crippen LogP contribution in [0, 0.1) is 0 Å². The summed E-state index contributed by atoms with van der Waals surface area (Å²) in [6.45, 7) is 3.12. The van der Waals surface area contributed by atoms with E-state index in [9.17, 15) is 14.4 Å². The molecule has 0 fully saturated rings. The standard InChI is InChI=1S/C19H22N2O5/c1-11(18(23)26-12(2)17(22)21-19(24)20-3)13-5-6-15-10-16(25-4)8-7-14(15)9-13/h5-12H,1-4H3,(H2,20,21,22,24)/t11-,12-/m0/s1. The zero-order valence-electron chi connectivity index (χ0n) is 15.2. The lowest BCUT2D eigenvalue weighted by Gasteiger charge is -2.17. The summed E-state index contributed by atoms with van der Waals surface area (Å²) in [5.41, 5.74) is 0.770. The van der Waals surface area contributed by atoms with Crippen LogP contribution in [-0.4, -0.2) is 38.2 Å². The van der Waals surface area contributed by atoms with E-state index in [-0.39, 0.29) is 0 Å². The molecule has 2 aromatic rings. The molecule has 2 N–H and O–H groups in total. The number of nitrogens with one attached hydrogen (secondary N) is 2. The molecule has 0 saturated carbocycles. The van der Waals surface area contributed by atoms with Crippen molar-refractivity contribution in [3.8, 4) is 5.75 Å². The summed E-state index contributed by atoms with van der Waals surface area (Å²) < 4.78 is 10.4. The molecule has 7 nitrogen and oxygen atoms in total. The topological polar surface area (TPSA) is 93.7 Å². The van der Waals surface area contributed by atoms with Crippen molar-refractivity contribution in [3.63, 3.8) is 0 Å². The first-order chi connectivity index (χ1) is 12.3. The Kier molecular flexibility index (Phi) is 6.16. The number of amides is 3. The molecule has 0 unspecified atom stereocenters. The summed E-state index contributed by atoms with van der Waals surface area (Å²) in [6, 6.07) is 10.6. The molecule has 0 bridgehead atoms. The van der Waals surface area contributed by atoms with E-state index in [4.69, 9.17) is 9.47 Å². The van der Waals surface area contributed by atoms with Crippen LogP contribution in [0.3, 0.4) is 0 Å². The predicted octanol–water partition coefficient (Wildman–Crippen LogP) is 2.34. The van der Waals surface area contributed by atoms with Gasteiger partial charge in [-0.05, 0) is 42.3 Å². The SMILES string of the molecule is CNC(=O)NC(=O)[C@H](C)OC(=O)[C@@H](C)c1ccc2cc(OC)ccc2c1. The van der Waals surface area contributed by atoms with Gasteiger partial charge in [0.15, 0.2) is 6.10 Å². The van der Waals surface area contributed by atoms with Crippen LogP contribution in [0.1, 0.15) is 25.3 Å². The highest BCUT2D eigenvalue weighted by molar-refractivity contribution is 5.97. The molecule has 0 aromatic heterocycles. The van der Waals surface area contributed by atoms with Crippen LogP contribution < -0.4 is 15.4 Å².